The molecule has 0 amide bonds. The Morgan fingerprint density at radius 1 is 1.54 bits per heavy atom. The van der Waals surface area contributed by atoms with Crippen molar-refractivity contribution in [3.63, 3.8) is 0 Å². The molecule has 13 heavy (non-hydrogen) atoms. The fraction of sp³-hybridized carbons (Fsp3) is 0.889. The maximum absolute atomic E-state index is 10.8. The summed E-state index contributed by atoms with van der Waals surface area (Å²) in [5.41, 5.74) is -0.137. The minimum atomic E-state index is -0.760. The quantitative estimate of drug-likeness (QED) is 0.715. The van der Waals surface area contributed by atoms with Gasteiger partial charge in [-0.05, 0) is 39.2 Å². The van der Waals surface area contributed by atoms with Crippen LogP contribution >= 0.6 is 11.8 Å². The fourth-order valence-corrected chi connectivity index (χ4v) is 1.49. The number of nitrogens with one attached hydrogen (secondary N) is 1. The van der Waals surface area contributed by atoms with Crippen LogP contribution in [-0.4, -0.2) is 34.7 Å². The van der Waals surface area contributed by atoms with Crippen molar-refractivity contribution in [2.75, 3.05) is 12.0 Å². The van der Waals surface area contributed by atoms with E-state index in [0.29, 0.717) is 6.42 Å². The summed E-state index contributed by atoms with van der Waals surface area (Å²) in [4.78, 5) is 10.8. The predicted molar refractivity (Wildman–Crippen MR) is 57.3 cm³/mol. The second-order valence-corrected chi connectivity index (χ2v) is 5.05. The molecule has 0 bridgehead atoms. The van der Waals surface area contributed by atoms with Gasteiger partial charge in [0.25, 0.3) is 0 Å². The van der Waals surface area contributed by atoms with E-state index in [2.05, 4.69) is 5.32 Å². The van der Waals surface area contributed by atoms with E-state index in [0.717, 1.165) is 5.75 Å². The zero-order valence-electron chi connectivity index (χ0n) is 8.76. The number of thioether (sulfide) groups is 1. The first-order valence-corrected chi connectivity index (χ1v) is 5.75. The number of hydrogen-bond donors (Lipinski definition) is 2. The zero-order valence-corrected chi connectivity index (χ0v) is 9.57. The summed E-state index contributed by atoms with van der Waals surface area (Å²) in [6.07, 6.45) is 2.66. The molecular formula is C9H19NO2S. The first-order valence-electron chi connectivity index (χ1n) is 4.36. The number of rotatable bonds is 5. The molecule has 0 heterocycles. The third-order valence-electron chi connectivity index (χ3n) is 1.52. The summed E-state index contributed by atoms with van der Waals surface area (Å²) in [6, 6.07) is -0.424. The molecule has 0 rings (SSSR count). The topological polar surface area (TPSA) is 49.3 Å². The zero-order chi connectivity index (χ0) is 10.5. The van der Waals surface area contributed by atoms with Gasteiger partial charge in [0, 0.05) is 5.54 Å². The largest absolute Gasteiger partial charge is 0.480 e. The van der Waals surface area contributed by atoms with Gasteiger partial charge >= 0.3 is 5.97 Å². The van der Waals surface area contributed by atoms with Crippen LogP contribution in [-0.2, 0) is 4.79 Å². The van der Waals surface area contributed by atoms with Crippen molar-refractivity contribution >= 4 is 17.7 Å². The Hall–Kier alpha value is -0.220. The molecule has 0 aromatic rings. The highest BCUT2D eigenvalue weighted by molar-refractivity contribution is 7.98. The number of aliphatic carboxylic acids is 1. The first-order chi connectivity index (χ1) is 5.87. The highest BCUT2D eigenvalue weighted by Crippen LogP contribution is 2.06. The maximum atomic E-state index is 10.8. The van der Waals surface area contributed by atoms with Crippen molar-refractivity contribution in [2.45, 2.75) is 38.8 Å². The Morgan fingerprint density at radius 3 is 2.38 bits per heavy atom. The fourth-order valence-electron chi connectivity index (χ4n) is 1.02. The van der Waals surface area contributed by atoms with E-state index in [1.54, 1.807) is 11.8 Å². The first kappa shape index (κ1) is 12.8. The molecule has 0 aliphatic carbocycles. The third-order valence-corrected chi connectivity index (χ3v) is 2.16. The summed E-state index contributed by atoms with van der Waals surface area (Å²) in [5, 5.41) is 12.0. The van der Waals surface area contributed by atoms with Crippen LogP contribution in [0.1, 0.15) is 27.2 Å². The maximum Gasteiger partial charge on any atom is 0.320 e. The van der Waals surface area contributed by atoms with Gasteiger partial charge < -0.3 is 5.11 Å². The van der Waals surface area contributed by atoms with Crippen molar-refractivity contribution in [1.29, 1.82) is 0 Å². The second-order valence-electron chi connectivity index (χ2n) is 4.07. The van der Waals surface area contributed by atoms with Crippen LogP contribution in [0.2, 0.25) is 0 Å². The molecule has 4 heteroatoms. The summed E-state index contributed by atoms with van der Waals surface area (Å²) in [6.45, 7) is 5.92. The molecule has 1 atom stereocenters. The number of carbonyl (C=O) groups is 1. The average molecular weight is 205 g/mol. The Balaban J connectivity index is 4.03. The molecule has 78 valence electrons. The van der Waals surface area contributed by atoms with Crippen LogP contribution < -0.4 is 5.32 Å². The highest BCUT2D eigenvalue weighted by atomic mass is 32.2. The average Bonchev–Trinajstić information content (AvgIpc) is 1.95. The molecule has 0 unspecified atom stereocenters. The number of carboxylic acids is 1. The van der Waals surface area contributed by atoms with E-state index < -0.39 is 12.0 Å². The van der Waals surface area contributed by atoms with Gasteiger partial charge in [0.1, 0.15) is 6.04 Å². The van der Waals surface area contributed by atoms with Gasteiger partial charge in [0.15, 0.2) is 0 Å². The second kappa shape index (κ2) is 5.50. The van der Waals surface area contributed by atoms with Gasteiger partial charge in [0.05, 0.1) is 0 Å². The minimum Gasteiger partial charge on any atom is -0.480 e. The molecule has 0 spiro atoms. The lowest BCUT2D eigenvalue weighted by Crippen LogP contribution is -2.47. The van der Waals surface area contributed by atoms with Crippen molar-refractivity contribution < 1.29 is 9.90 Å². The Morgan fingerprint density at radius 2 is 2.08 bits per heavy atom. The SMILES string of the molecule is CSCC[C@@H](NC(C)(C)C)C(=O)O. The molecule has 0 aliphatic heterocycles. The summed E-state index contributed by atoms with van der Waals surface area (Å²) in [7, 11) is 0. The third kappa shape index (κ3) is 6.90. The monoisotopic (exact) mass is 205 g/mol. The standard InChI is InChI=1S/C9H19NO2S/c1-9(2,3)10-7(8(11)12)5-6-13-4/h7,10H,5-6H2,1-4H3,(H,11,12)/t7-/m1/s1. The van der Waals surface area contributed by atoms with Crippen molar-refractivity contribution in [3.8, 4) is 0 Å². The van der Waals surface area contributed by atoms with Crippen LogP contribution in [0.25, 0.3) is 0 Å². The van der Waals surface area contributed by atoms with Gasteiger partial charge in [-0.15, -0.1) is 0 Å². The van der Waals surface area contributed by atoms with E-state index in [9.17, 15) is 4.79 Å². The minimum absolute atomic E-state index is 0.137. The van der Waals surface area contributed by atoms with Crippen LogP contribution in [0, 0.1) is 0 Å². The lowest BCUT2D eigenvalue weighted by Gasteiger charge is -2.25. The Labute approximate surface area is 84.3 Å². The van der Waals surface area contributed by atoms with E-state index >= 15 is 0 Å². The van der Waals surface area contributed by atoms with Gasteiger partial charge in [-0.25, -0.2) is 0 Å². The van der Waals surface area contributed by atoms with E-state index in [1.165, 1.54) is 0 Å². The van der Waals surface area contributed by atoms with Crippen LogP contribution in [0.5, 0.6) is 0 Å². The normalized spacial score (nSPS) is 14.2. The lowest BCUT2D eigenvalue weighted by molar-refractivity contribution is -0.140. The molecule has 0 fully saturated rings. The van der Waals surface area contributed by atoms with Crippen LogP contribution in [0.4, 0.5) is 0 Å². The van der Waals surface area contributed by atoms with Crippen LogP contribution in [0.15, 0.2) is 0 Å². The lowest BCUT2D eigenvalue weighted by atomic mass is 10.1. The molecule has 0 saturated carbocycles. The highest BCUT2D eigenvalue weighted by Gasteiger charge is 2.22. The Kier molecular flexibility index (Phi) is 5.40. The van der Waals surface area contributed by atoms with E-state index in [-0.39, 0.29) is 5.54 Å². The van der Waals surface area contributed by atoms with Gasteiger partial charge in [-0.1, -0.05) is 0 Å². The van der Waals surface area contributed by atoms with E-state index in [1.807, 2.05) is 27.0 Å². The molecule has 0 aromatic heterocycles. The van der Waals surface area contributed by atoms with Crippen LogP contribution in [0.3, 0.4) is 0 Å². The molecule has 0 radical (unpaired) electrons. The molecule has 0 aromatic carbocycles. The predicted octanol–water partition coefficient (Wildman–Crippen LogP) is 1.58. The molecule has 3 nitrogen and oxygen atoms in total. The summed E-state index contributed by atoms with van der Waals surface area (Å²) >= 11 is 1.67. The molecule has 0 saturated heterocycles. The van der Waals surface area contributed by atoms with Crippen molar-refractivity contribution in [1.82, 2.24) is 5.32 Å². The van der Waals surface area contributed by atoms with Gasteiger partial charge in [-0.2, -0.15) is 11.8 Å². The molecule has 2 N–H and O–H groups in total. The van der Waals surface area contributed by atoms with Crippen molar-refractivity contribution in [2.24, 2.45) is 0 Å². The molecular weight excluding hydrogens is 186 g/mol. The number of carboxylic acid groups (broad SMARTS) is 1. The van der Waals surface area contributed by atoms with Gasteiger partial charge in [-0.3, -0.25) is 10.1 Å². The smallest absolute Gasteiger partial charge is 0.320 e. The van der Waals surface area contributed by atoms with Crippen molar-refractivity contribution in [3.05, 3.63) is 0 Å². The number of hydrogen-bond acceptors (Lipinski definition) is 3. The van der Waals surface area contributed by atoms with E-state index in [4.69, 9.17) is 5.11 Å². The summed E-state index contributed by atoms with van der Waals surface area (Å²) < 4.78 is 0. The molecule has 0 aliphatic rings. The van der Waals surface area contributed by atoms with Gasteiger partial charge in [0.2, 0.25) is 0 Å². The Bertz CT molecular complexity index is 165. The summed E-state index contributed by atoms with van der Waals surface area (Å²) in [5.74, 6) is 0.115.